The molecule has 0 radical (unpaired) electrons. The standard InChI is InChI=1S/C25H30N4O4/c1-25(2,3)33-24(30)29-12-10-18(11-13-29)32-22-14-19-20(15-21(22)31-4)26-16-27-23(19)28-17-8-6-5-7-9-17/h5-9,14-16,18H,10-13H2,1-4H3,(H,26,27,28). The molecule has 8 nitrogen and oxygen atoms in total. The summed E-state index contributed by atoms with van der Waals surface area (Å²) in [5, 5.41) is 4.18. The van der Waals surface area contributed by atoms with Gasteiger partial charge in [0, 0.05) is 43.1 Å². The Balaban J connectivity index is 1.50. The van der Waals surface area contributed by atoms with Crippen molar-refractivity contribution in [2.75, 3.05) is 25.5 Å². The number of methoxy groups -OCH3 is 1. The number of nitrogens with one attached hydrogen (secondary N) is 1. The van der Waals surface area contributed by atoms with E-state index in [2.05, 4.69) is 15.3 Å². The molecule has 2 aromatic carbocycles. The zero-order valence-electron chi connectivity index (χ0n) is 19.5. The molecule has 0 unspecified atom stereocenters. The molecule has 1 amide bonds. The van der Waals surface area contributed by atoms with Crippen LogP contribution >= 0.6 is 0 Å². The lowest BCUT2D eigenvalue weighted by molar-refractivity contribution is 0.0124. The van der Waals surface area contributed by atoms with Crippen LogP contribution in [0.3, 0.4) is 0 Å². The average Bonchev–Trinajstić information content (AvgIpc) is 2.79. The molecule has 33 heavy (non-hydrogen) atoms. The molecule has 0 bridgehead atoms. The normalized spacial score (nSPS) is 14.7. The number of nitrogens with zero attached hydrogens (tertiary/aromatic N) is 3. The van der Waals surface area contributed by atoms with E-state index >= 15 is 0 Å². The third-order valence-corrected chi connectivity index (χ3v) is 5.34. The van der Waals surface area contributed by atoms with E-state index in [0.29, 0.717) is 43.2 Å². The predicted octanol–water partition coefficient (Wildman–Crippen LogP) is 5.16. The van der Waals surface area contributed by atoms with Gasteiger partial charge in [-0.15, -0.1) is 0 Å². The summed E-state index contributed by atoms with van der Waals surface area (Å²) in [6.07, 6.45) is 2.63. The largest absolute Gasteiger partial charge is 0.493 e. The third-order valence-electron chi connectivity index (χ3n) is 5.34. The van der Waals surface area contributed by atoms with Crippen molar-refractivity contribution in [3.05, 3.63) is 48.8 Å². The van der Waals surface area contributed by atoms with Gasteiger partial charge in [0.05, 0.1) is 12.6 Å². The summed E-state index contributed by atoms with van der Waals surface area (Å²) < 4.78 is 17.4. The lowest BCUT2D eigenvalue weighted by atomic mass is 10.1. The van der Waals surface area contributed by atoms with Crippen LogP contribution in [-0.4, -0.2) is 52.9 Å². The fourth-order valence-electron chi connectivity index (χ4n) is 3.74. The maximum Gasteiger partial charge on any atom is 0.410 e. The van der Waals surface area contributed by atoms with Crippen molar-refractivity contribution in [2.24, 2.45) is 0 Å². The van der Waals surface area contributed by atoms with Crippen LogP contribution in [0.15, 0.2) is 48.8 Å². The Kier molecular flexibility index (Phi) is 6.53. The molecule has 1 fully saturated rings. The molecular weight excluding hydrogens is 420 g/mol. The van der Waals surface area contributed by atoms with Crippen LogP contribution in [-0.2, 0) is 4.74 Å². The number of hydrogen-bond acceptors (Lipinski definition) is 7. The fourth-order valence-corrected chi connectivity index (χ4v) is 3.74. The molecule has 174 valence electrons. The van der Waals surface area contributed by atoms with E-state index in [-0.39, 0.29) is 12.2 Å². The van der Waals surface area contributed by atoms with E-state index in [1.807, 2.05) is 63.2 Å². The van der Waals surface area contributed by atoms with Gasteiger partial charge in [-0.05, 0) is 39.0 Å². The van der Waals surface area contributed by atoms with Gasteiger partial charge in [-0.2, -0.15) is 0 Å². The summed E-state index contributed by atoms with van der Waals surface area (Å²) in [7, 11) is 1.61. The summed E-state index contributed by atoms with van der Waals surface area (Å²) in [6.45, 7) is 6.78. The number of piperidine rings is 1. The SMILES string of the molecule is COc1cc2ncnc(Nc3ccccc3)c2cc1OC1CCN(C(=O)OC(C)(C)C)CC1. The summed E-state index contributed by atoms with van der Waals surface area (Å²) >= 11 is 0. The number of carbonyl (C=O) groups is 1. The van der Waals surface area contributed by atoms with Gasteiger partial charge in [0.1, 0.15) is 23.9 Å². The number of likely N-dealkylation sites (tertiary alicyclic amines) is 1. The number of fused-ring (bicyclic) bond motifs is 1. The monoisotopic (exact) mass is 450 g/mol. The molecule has 1 saturated heterocycles. The van der Waals surface area contributed by atoms with Gasteiger partial charge in [-0.3, -0.25) is 0 Å². The second kappa shape index (κ2) is 9.52. The molecule has 1 aliphatic rings. The molecule has 1 aliphatic heterocycles. The minimum absolute atomic E-state index is 0.0369. The summed E-state index contributed by atoms with van der Waals surface area (Å²) in [4.78, 5) is 22.9. The molecule has 4 rings (SSSR count). The number of carbonyl (C=O) groups excluding carboxylic acids is 1. The molecular formula is C25H30N4O4. The molecule has 0 spiro atoms. The maximum absolute atomic E-state index is 12.3. The Morgan fingerprint density at radius 2 is 1.79 bits per heavy atom. The maximum atomic E-state index is 12.3. The van der Waals surface area contributed by atoms with Crippen LogP contribution in [0.2, 0.25) is 0 Å². The van der Waals surface area contributed by atoms with Crippen LogP contribution in [0, 0.1) is 0 Å². The van der Waals surface area contributed by atoms with Crippen molar-refractivity contribution in [1.29, 1.82) is 0 Å². The van der Waals surface area contributed by atoms with E-state index in [9.17, 15) is 4.79 Å². The van der Waals surface area contributed by atoms with Crippen LogP contribution in [0.4, 0.5) is 16.3 Å². The van der Waals surface area contributed by atoms with Gasteiger partial charge in [-0.1, -0.05) is 18.2 Å². The van der Waals surface area contributed by atoms with E-state index in [4.69, 9.17) is 14.2 Å². The molecule has 1 aromatic heterocycles. The highest BCUT2D eigenvalue weighted by atomic mass is 16.6. The molecule has 0 aliphatic carbocycles. The van der Waals surface area contributed by atoms with Gasteiger partial charge in [0.15, 0.2) is 11.5 Å². The summed E-state index contributed by atoms with van der Waals surface area (Å²) in [5.74, 6) is 1.94. The van der Waals surface area contributed by atoms with Gasteiger partial charge in [0.2, 0.25) is 0 Å². The second-order valence-corrected chi connectivity index (χ2v) is 9.02. The van der Waals surface area contributed by atoms with Crippen LogP contribution in [0.25, 0.3) is 10.9 Å². The lowest BCUT2D eigenvalue weighted by Gasteiger charge is -2.33. The number of rotatable bonds is 5. The first-order valence-corrected chi connectivity index (χ1v) is 11.1. The molecule has 1 N–H and O–H groups in total. The first kappa shape index (κ1) is 22.6. The molecule has 0 saturated carbocycles. The van der Waals surface area contributed by atoms with Gasteiger partial charge in [0.25, 0.3) is 0 Å². The molecule has 2 heterocycles. The minimum atomic E-state index is -0.504. The van der Waals surface area contributed by atoms with E-state index in [1.54, 1.807) is 12.0 Å². The Morgan fingerprint density at radius 3 is 2.45 bits per heavy atom. The molecule has 8 heteroatoms. The smallest absolute Gasteiger partial charge is 0.410 e. The second-order valence-electron chi connectivity index (χ2n) is 9.02. The molecule has 3 aromatic rings. The summed E-state index contributed by atoms with van der Waals surface area (Å²) in [6, 6.07) is 13.6. The minimum Gasteiger partial charge on any atom is -0.493 e. The van der Waals surface area contributed by atoms with Gasteiger partial charge < -0.3 is 24.4 Å². The Labute approximate surface area is 193 Å². The van der Waals surface area contributed by atoms with Crippen molar-refractivity contribution in [3.63, 3.8) is 0 Å². The number of benzene rings is 2. The van der Waals surface area contributed by atoms with Crippen molar-refractivity contribution in [1.82, 2.24) is 14.9 Å². The van der Waals surface area contributed by atoms with Gasteiger partial charge in [-0.25, -0.2) is 14.8 Å². The number of amides is 1. The van der Waals surface area contributed by atoms with E-state index in [1.165, 1.54) is 6.33 Å². The highest BCUT2D eigenvalue weighted by Gasteiger charge is 2.28. The average molecular weight is 451 g/mol. The van der Waals surface area contributed by atoms with Gasteiger partial charge >= 0.3 is 6.09 Å². The van der Waals surface area contributed by atoms with Crippen molar-refractivity contribution in [3.8, 4) is 11.5 Å². The molecule has 0 atom stereocenters. The van der Waals surface area contributed by atoms with Crippen molar-refractivity contribution >= 4 is 28.5 Å². The quantitative estimate of drug-likeness (QED) is 0.574. The van der Waals surface area contributed by atoms with E-state index in [0.717, 1.165) is 16.6 Å². The number of aromatic nitrogens is 2. The highest BCUT2D eigenvalue weighted by Crippen LogP contribution is 2.36. The van der Waals surface area contributed by atoms with Crippen LogP contribution in [0.5, 0.6) is 11.5 Å². The first-order valence-electron chi connectivity index (χ1n) is 11.1. The first-order chi connectivity index (χ1) is 15.8. The zero-order valence-corrected chi connectivity index (χ0v) is 19.5. The number of anilines is 2. The fraction of sp³-hybridized carbons (Fsp3) is 0.400. The van der Waals surface area contributed by atoms with Crippen molar-refractivity contribution in [2.45, 2.75) is 45.3 Å². The summed E-state index contributed by atoms with van der Waals surface area (Å²) in [5.41, 5.74) is 1.19. The van der Waals surface area contributed by atoms with Crippen molar-refractivity contribution < 1.29 is 19.0 Å². The Bertz CT molecular complexity index is 1110. The van der Waals surface area contributed by atoms with E-state index < -0.39 is 5.60 Å². The number of ether oxygens (including phenoxy) is 3. The van der Waals surface area contributed by atoms with Crippen LogP contribution in [0.1, 0.15) is 33.6 Å². The van der Waals surface area contributed by atoms with Crippen LogP contribution < -0.4 is 14.8 Å². The zero-order chi connectivity index (χ0) is 23.4. The number of para-hydroxylation sites is 1. The predicted molar refractivity (Wildman–Crippen MR) is 127 cm³/mol. The number of hydrogen-bond donors (Lipinski definition) is 1. The Morgan fingerprint density at radius 1 is 1.06 bits per heavy atom. The third kappa shape index (κ3) is 5.63. The topological polar surface area (TPSA) is 85.8 Å². The highest BCUT2D eigenvalue weighted by molar-refractivity contribution is 5.93. The Hall–Kier alpha value is -3.55. The lowest BCUT2D eigenvalue weighted by Crippen LogP contribution is -2.44.